The van der Waals surface area contributed by atoms with Crippen LogP contribution in [0.2, 0.25) is 0 Å². The molecule has 4 N–H and O–H groups in total. The summed E-state index contributed by atoms with van der Waals surface area (Å²) in [6.45, 7) is 0. The Morgan fingerprint density at radius 1 is 0.615 bits per heavy atom. The Bertz CT molecular complexity index is 781. The Labute approximate surface area is 155 Å². The number of nitrogens with two attached hydrogens (primary N) is 2. The Hall–Kier alpha value is -2.62. The predicted molar refractivity (Wildman–Crippen MR) is 109 cm³/mol. The monoisotopic (exact) mass is 346 g/mol. The first-order valence-electron chi connectivity index (χ1n) is 9.61. The van der Waals surface area contributed by atoms with E-state index < -0.39 is 0 Å². The predicted octanol–water partition coefficient (Wildman–Crippen LogP) is 4.64. The minimum atomic E-state index is 0.354. The summed E-state index contributed by atoms with van der Waals surface area (Å²) in [5.41, 5.74) is 18.3. The van der Waals surface area contributed by atoms with Crippen LogP contribution in [-0.4, -0.2) is 11.4 Å². The fourth-order valence-corrected chi connectivity index (χ4v) is 4.36. The van der Waals surface area contributed by atoms with Crippen molar-refractivity contribution in [1.82, 2.24) is 0 Å². The third kappa shape index (κ3) is 3.12. The van der Waals surface area contributed by atoms with E-state index in [1.807, 2.05) is 36.4 Å². The highest BCUT2D eigenvalue weighted by Crippen LogP contribution is 2.38. The first-order chi connectivity index (χ1) is 12.8. The van der Waals surface area contributed by atoms with Crippen LogP contribution in [0.25, 0.3) is 0 Å². The van der Waals surface area contributed by atoms with Gasteiger partial charge in [0.15, 0.2) is 0 Å². The number of nitrogen functional groups attached to an aromatic ring is 2. The van der Waals surface area contributed by atoms with Crippen molar-refractivity contribution in [3.05, 3.63) is 59.7 Å². The van der Waals surface area contributed by atoms with Gasteiger partial charge in [-0.1, -0.05) is 62.1 Å². The molecule has 0 aromatic heterocycles. The van der Waals surface area contributed by atoms with Crippen LogP contribution in [0.5, 0.6) is 0 Å². The van der Waals surface area contributed by atoms with Crippen LogP contribution >= 0.6 is 0 Å². The van der Waals surface area contributed by atoms with E-state index in [1.54, 1.807) is 0 Å². The number of para-hydroxylation sites is 2. The minimum Gasteiger partial charge on any atom is -0.398 e. The fourth-order valence-electron chi connectivity index (χ4n) is 4.36. The van der Waals surface area contributed by atoms with E-state index in [2.05, 4.69) is 22.3 Å². The molecule has 134 valence electrons. The van der Waals surface area contributed by atoms with Gasteiger partial charge in [0.2, 0.25) is 0 Å². The molecule has 0 saturated heterocycles. The van der Waals surface area contributed by atoms with Gasteiger partial charge in [0.05, 0.1) is 11.4 Å². The van der Waals surface area contributed by atoms with Crippen LogP contribution in [0.3, 0.4) is 0 Å². The van der Waals surface area contributed by atoms with Gasteiger partial charge in [-0.2, -0.15) is 10.2 Å². The van der Waals surface area contributed by atoms with Crippen molar-refractivity contribution in [2.45, 2.75) is 38.5 Å². The number of benzene rings is 2. The molecule has 2 aromatic carbocycles. The first kappa shape index (κ1) is 16.8. The van der Waals surface area contributed by atoms with E-state index in [0.29, 0.717) is 11.8 Å². The van der Waals surface area contributed by atoms with Gasteiger partial charge < -0.3 is 11.5 Å². The average Bonchev–Trinajstić information content (AvgIpc) is 2.63. The maximum Gasteiger partial charge on any atom is 0.0761 e. The summed E-state index contributed by atoms with van der Waals surface area (Å²) in [7, 11) is 0. The maximum absolute atomic E-state index is 6.26. The van der Waals surface area contributed by atoms with E-state index in [4.69, 9.17) is 11.5 Å². The van der Waals surface area contributed by atoms with Crippen LogP contribution in [0, 0.1) is 11.8 Å². The van der Waals surface area contributed by atoms with Crippen LogP contribution in [0.15, 0.2) is 58.7 Å². The molecular formula is C22H26N4. The molecule has 1 fully saturated rings. The lowest BCUT2D eigenvalue weighted by Gasteiger charge is -2.34. The van der Waals surface area contributed by atoms with Gasteiger partial charge in [0.1, 0.15) is 0 Å². The number of hydrogen-bond donors (Lipinski definition) is 2. The Kier molecular flexibility index (Phi) is 4.74. The Morgan fingerprint density at radius 3 is 1.46 bits per heavy atom. The molecule has 4 heteroatoms. The molecule has 0 amide bonds. The smallest absolute Gasteiger partial charge is 0.0761 e. The molecule has 0 radical (unpaired) electrons. The summed E-state index contributed by atoms with van der Waals surface area (Å²) >= 11 is 0. The maximum atomic E-state index is 6.26. The van der Waals surface area contributed by atoms with Gasteiger partial charge in [-0.05, 0) is 25.0 Å². The Balaban J connectivity index is 1.82. The van der Waals surface area contributed by atoms with Crippen molar-refractivity contribution in [2.24, 2.45) is 22.0 Å². The third-order valence-electron chi connectivity index (χ3n) is 5.71. The first-order valence-corrected chi connectivity index (χ1v) is 9.61. The standard InChI is InChI=1S/C22H26N4/c23-19-13-7-5-11-17(19)21-15-9-3-1-2-4-10-16(15)22(26-25-21)18-12-6-8-14-20(18)24/h5-8,11-16H,1-4,9-10,23-24H2. The number of rotatable bonds is 2. The van der Waals surface area contributed by atoms with Crippen molar-refractivity contribution in [1.29, 1.82) is 0 Å². The SMILES string of the molecule is Nc1ccccc1C1=NN=C(c2ccccc2N)C2CCCCCCC12. The average molecular weight is 346 g/mol. The van der Waals surface area contributed by atoms with Gasteiger partial charge in [-0.3, -0.25) is 0 Å². The zero-order valence-corrected chi connectivity index (χ0v) is 15.1. The van der Waals surface area contributed by atoms with Gasteiger partial charge >= 0.3 is 0 Å². The molecule has 0 spiro atoms. The molecule has 4 nitrogen and oxygen atoms in total. The van der Waals surface area contributed by atoms with E-state index >= 15 is 0 Å². The van der Waals surface area contributed by atoms with Crippen LogP contribution in [0.4, 0.5) is 11.4 Å². The summed E-state index contributed by atoms with van der Waals surface area (Å²) in [5, 5.41) is 9.37. The van der Waals surface area contributed by atoms with E-state index in [0.717, 1.165) is 46.8 Å². The van der Waals surface area contributed by atoms with Crippen LogP contribution < -0.4 is 11.5 Å². The molecule has 1 saturated carbocycles. The molecule has 2 atom stereocenters. The van der Waals surface area contributed by atoms with Crippen molar-refractivity contribution in [3.8, 4) is 0 Å². The number of anilines is 2. The lowest BCUT2D eigenvalue weighted by Crippen LogP contribution is -2.35. The molecule has 1 heterocycles. The molecule has 2 aromatic rings. The number of fused-ring (bicyclic) bond motifs is 1. The van der Waals surface area contributed by atoms with Gasteiger partial charge in [-0.25, -0.2) is 0 Å². The van der Waals surface area contributed by atoms with Crippen LogP contribution in [0.1, 0.15) is 49.7 Å². The van der Waals surface area contributed by atoms with Crippen molar-refractivity contribution < 1.29 is 0 Å². The highest BCUT2D eigenvalue weighted by atomic mass is 15.2. The molecular weight excluding hydrogens is 320 g/mol. The minimum absolute atomic E-state index is 0.354. The quantitative estimate of drug-likeness (QED) is 0.777. The molecule has 0 bridgehead atoms. The largest absolute Gasteiger partial charge is 0.398 e. The molecule has 1 aliphatic carbocycles. The molecule has 2 aliphatic rings. The van der Waals surface area contributed by atoms with E-state index in [1.165, 1.54) is 25.7 Å². The highest BCUT2D eigenvalue weighted by molar-refractivity contribution is 6.14. The lowest BCUT2D eigenvalue weighted by atomic mass is 9.72. The fraction of sp³-hybridized carbons (Fsp3) is 0.364. The van der Waals surface area contributed by atoms with Crippen molar-refractivity contribution in [2.75, 3.05) is 11.5 Å². The number of hydrogen-bond acceptors (Lipinski definition) is 4. The van der Waals surface area contributed by atoms with Gasteiger partial charge in [0.25, 0.3) is 0 Å². The van der Waals surface area contributed by atoms with E-state index in [-0.39, 0.29) is 0 Å². The zero-order chi connectivity index (χ0) is 17.9. The Morgan fingerprint density at radius 2 is 1.04 bits per heavy atom. The highest BCUT2D eigenvalue weighted by Gasteiger charge is 2.36. The second-order valence-electron chi connectivity index (χ2n) is 7.35. The number of nitrogens with zero attached hydrogens (tertiary/aromatic N) is 2. The third-order valence-corrected chi connectivity index (χ3v) is 5.71. The summed E-state index contributed by atoms with van der Waals surface area (Å²) in [6, 6.07) is 16.0. The summed E-state index contributed by atoms with van der Waals surface area (Å²) in [4.78, 5) is 0. The summed E-state index contributed by atoms with van der Waals surface area (Å²) in [6.07, 6.45) is 7.30. The van der Waals surface area contributed by atoms with Crippen molar-refractivity contribution in [3.63, 3.8) is 0 Å². The second-order valence-corrected chi connectivity index (χ2v) is 7.35. The van der Waals surface area contributed by atoms with Gasteiger partial charge in [0, 0.05) is 34.3 Å². The molecule has 26 heavy (non-hydrogen) atoms. The van der Waals surface area contributed by atoms with Gasteiger partial charge in [-0.15, -0.1) is 0 Å². The summed E-state index contributed by atoms with van der Waals surface area (Å²) < 4.78 is 0. The second kappa shape index (κ2) is 7.32. The zero-order valence-electron chi connectivity index (χ0n) is 15.1. The van der Waals surface area contributed by atoms with Crippen LogP contribution in [-0.2, 0) is 0 Å². The molecule has 2 unspecified atom stereocenters. The van der Waals surface area contributed by atoms with E-state index in [9.17, 15) is 0 Å². The van der Waals surface area contributed by atoms with Crippen molar-refractivity contribution >= 4 is 22.8 Å². The summed E-state index contributed by atoms with van der Waals surface area (Å²) in [5.74, 6) is 0.708. The topological polar surface area (TPSA) is 76.8 Å². The molecule has 1 aliphatic heterocycles. The lowest BCUT2D eigenvalue weighted by molar-refractivity contribution is 0.392. The molecule has 4 rings (SSSR count). The normalized spacial score (nSPS) is 23.2.